The first-order valence-electron chi connectivity index (χ1n) is 7.99. The number of hydrogen-bond acceptors (Lipinski definition) is 4. The van der Waals surface area contributed by atoms with Crippen LogP contribution in [0, 0.1) is 0 Å². The van der Waals surface area contributed by atoms with Crippen LogP contribution in [0.3, 0.4) is 0 Å². The summed E-state index contributed by atoms with van der Waals surface area (Å²) in [6, 6.07) is 17.9. The molecule has 1 aliphatic rings. The fourth-order valence-electron chi connectivity index (χ4n) is 2.96. The van der Waals surface area contributed by atoms with Gasteiger partial charge in [0, 0.05) is 0 Å². The van der Waals surface area contributed by atoms with Crippen LogP contribution in [0.2, 0.25) is 0 Å². The average molecular weight is 337 g/mol. The van der Waals surface area contributed by atoms with Crippen LogP contribution in [-0.4, -0.2) is 45.7 Å². The van der Waals surface area contributed by atoms with Crippen molar-refractivity contribution in [1.82, 2.24) is 4.90 Å². The quantitative estimate of drug-likeness (QED) is 0.814. The van der Waals surface area contributed by atoms with Crippen LogP contribution >= 0.6 is 0 Å². The Morgan fingerprint density at radius 3 is 1.44 bits per heavy atom. The molecule has 5 heteroatoms. The van der Waals surface area contributed by atoms with Gasteiger partial charge >= 0.3 is 0 Å². The van der Waals surface area contributed by atoms with E-state index in [1.165, 1.54) is 6.92 Å². The zero-order chi connectivity index (χ0) is 18.0. The predicted molar refractivity (Wildman–Crippen MR) is 94.1 cm³/mol. The maximum absolute atomic E-state index is 13.1. The molecule has 2 aromatic carbocycles. The van der Waals surface area contributed by atoms with Gasteiger partial charge in [-0.15, -0.1) is 0 Å². The Kier molecular flexibility index (Phi) is 4.53. The van der Waals surface area contributed by atoms with Crippen LogP contribution in [0.1, 0.15) is 18.1 Å². The molecule has 0 unspecified atom stereocenters. The van der Waals surface area contributed by atoms with E-state index in [1.54, 1.807) is 48.5 Å². The van der Waals surface area contributed by atoms with E-state index in [1.807, 2.05) is 12.1 Å². The molecule has 2 N–H and O–H groups in total. The van der Waals surface area contributed by atoms with Gasteiger partial charge in [-0.2, -0.15) is 0 Å². The lowest BCUT2D eigenvalue weighted by Gasteiger charge is -2.34. The number of amides is 2. The fourth-order valence-corrected chi connectivity index (χ4v) is 2.96. The van der Waals surface area contributed by atoms with Crippen molar-refractivity contribution in [3.05, 3.63) is 71.8 Å². The Bertz CT molecular complexity index is 762. The van der Waals surface area contributed by atoms with Crippen LogP contribution in [0.25, 0.3) is 11.1 Å². The SMILES string of the molecule is CC(CO)(CO)N1C(=O)C(c2ccccc2)=C(c2ccccc2)C1=O. The number of aliphatic hydroxyl groups excluding tert-OH is 2. The Morgan fingerprint density at radius 1 is 0.760 bits per heavy atom. The molecule has 0 aliphatic carbocycles. The van der Waals surface area contributed by atoms with E-state index in [0.717, 1.165) is 4.90 Å². The third-order valence-corrected chi connectivity index (χ3v) is 4.43. The summed E-state index contributed by atoms with van der Waals surface area (Å²) in [5, 5.41) is 19.3. The van der Waals surface area contributed by atoms with Gasteiger partial charge in [-0.1, -0.05) is 60.7 Å². The van der Waals surface area contributed by atoms with Gasteiger partial charge in [-0.3, -0.25) is 14.5 Å². The first-order chi connectivity index (χ1) is 12.0. The van der Waals surface area contributed by atoms with Gasteiger partial charge in [0.1, 0.15) is 0 Å². The van der Waals surface area contributed by atoms with E-state index in [9.17, 15) is 19.8 Å². The molecule has 5 nitrogen and oxygen atoms in total. The van der Waals surface area contributed by atoms with E-state index in [-0.39, 0.29) is 11.1 Å². The first-order valence-corrected chi connectivity index (χ1v) is 7.99. The van der Waals surface area contributed by atoms with E-state index >= 15 is 0 Å². The number of hydrogen-bond donors (Lipinski definition) is 2. The monoisotopic (exact) mass is 337 g/mol. The highest BCUT2D eigenvalue weighted by molar-refractivity contribution is 6.49. The Morgan fingerprint density at radius 2 is 1.12 bits per heavy atom. The van der Waals surface area contributed by atoms with Crippen molar-refractivity contribution in [3.8, 4) is 0 Å². The minimum absolute atomic E-state index is 0.282. The second-order valence-electron chi connectivity index (χ2n) is 6.24. The number of imide groups is 1. The van der Waals surface area contributed by atoms with E-state index in [4.69, 9.17) is 0 Å². The van der Waals surface area contributed by atoms with Crippen molar-refractivity contribution in [2.45, 2.75) is 12.5 Å². The molecular formula is C20H19NO4. The topological polar surface area (TPSA) is 77.8 Å². The summed E-state index contributed by atoms with van der Waals surface area (Å²) in [6.45, 7) is 0.440. The van der Waals surface area contributed by atoms with Gasteiger partial charge in [0.25, 0.3) is 11.8 Å². The summed E-state index contributed by atoms with van der Waals surface area (Å²) in [5.41, 5.74) is 0.445. The van der Waals surface area contributed by atoms with Crippen LogP contribution in [0.5, 0.6) is 0 Å². The normalized spacial score (nSPS) is 15.2. The average Bonchev–Trinajstić information content (AvgIpc) is 2.93. The molecule has 2 aromatic rings. The van der Waals surface area contributed by atoms with Crippen LogP contribution in [0.15, 0.2) is 60.7 Å². The fraction of sp³-hybridized carbons (Fsp3) is 0.200. The number of benzene rings is 2. The molecule has 25 heavy (non-hydrogen) atoms. The molecule has 0 saturated heterocycles. The minimum atomic E-state index is -1.37. The summed E-state index contributed by atoms with van der Waals surface area (Å²) in [5.74, 6) is -1.03. The van der Waals surface area contributed by atoms with Gasteiger partial charge in [-0.25, -0.2) is 0 Å². The molecule has 1 aliphatic heterocycles. The maximum Gasteiger partial charge on any atom is 0.262 e. The molecule has 3 rings (SSSR count). The molecular weight excluding hydrogens is 318 g/mol. The van der Waals surface area contributed by atoms with E-state index < -0.39 is 30.6 Å². The van der Waals surface area contributed by atoms with Crippen molar-refractivity contribution in [3.63, 3.8) is 0 Å². The Balaban J connectivity index is 2.22. The van der Waals surface area contributed by atoms with Crippen molar-refractivity contribution in [1.29, 1.82) is 0 Å². The molecule has 128 valence electrons. The predicted octanol–water partition coefficient (Wildman–Crippen LogP) is 1.71. The number of rotatable bonds is 5. The number of carbonyl (C=O) groups excluding carboxylic acids is 2. The second-order valence-corrected chi connectivity index (χ2v) is 6.24. The van der Waals surface area contributed by atoms with Crippen LogP contribution < -0.4 is 0 Å². The number of aliphatic hydroxyl groups is 2. The zero-order valence-corrected chi connectivity index (χ0v) is 13.8. The van der Waals surface area contributed by atoms with Crippen molar-refractivity contribution >= 4 is 23.0 Å². The lowest BCUT2D eigenvalue weighted by Crippen LogP contribution is -2.55. The highest BCUT2D eigenvalue weighted by Crippen LogP contribution is 2.38. The molecule has 2 amide bonds. The molecule has 0 saturated carbocycles. The smallest absolute Gasteiger partial charge is 0.262 e. The third kappa shape index (κ3) is 2.77. The molecule has 0 radical (unpaired) electrons. The number of carbonyl (C=O) groups is 2. The summed E-state index contributed by atoms with van der Waals surface area (Å²) < 4.78 is 0. The molecule has 0 bridgehead atoms. The summed E-state index contributed by atoms with van der Waals surface area (Å²) >= 11 is 0. The largest absolute Gasteiger partial charge is 0.394 e. The van der Waals surface area contributed by atoms with Gasteiger partial charge in [0.05, 0.1) is 29.9 Å². The van der Waals surface area contributed by atoms with Gasteiger partial charge in [-0.05, 0) is 18.1 Å². The van der Waals surface area contributed by atoms with Crippen molar-refractivity contribution in [2.75, 3.05) is 13.2 Å². The third-order valence-electron chi connectivity index (χ3n) is 4.43. The summed E-state index contributed by atoms with van der Waals surface area (Å²) in [6.07, 6.45) is 0. The highest BCUT2D eigenvalue weighted by Gasteiger charge is 2.48. The van der Waals surface area contributed by atoms with E-state index in [2.05, 4.69) is 0 Å². The Hall–Kier alpha value is -2.76. The molecule has 0 fully saturated rings. The van der Waals surface area contributed by atoms with E-state index in [0.29, 0.717) is 11.1 Å². The maximum atomic E-state index is 13.1. The highest BCUT2D eigenvalue weighted by atomic mass is 16.3. The van der Waals surface area contributed by atoms with Gasteiger partial charge in [0.15, 0.2) is 0 Å². The van der Waals surface area contributed by atoms with Crippen molar-refractivity contribution in [2.24, 2.45) is 0 Å². The second kappa shape index (κ2) is 6.63. The molecule has 0 aromatic heterocycles. The standard InChI is InChI=1S/C20H19NO4/c1-20(12-22,13-23)21-18(24)16(14-8-4-2-5-9-14)17(19(21)25)15-10-6-3-7-11-15/h2-11,22-23H,12-13H2,1H3. The number of nitrogens with zero attached hydrogens (tertiary/aromatic N) is 1. The molecule has 1 heterocycles. The summed E-state index contributed by atoms with van der Waals surface area (Å²) in [4.78, 5) is 27.1. The molecule has 0 atom stereocenters. The lowest BCUT2D eigenvalue weighted by molar-refractivity contribution is -0.146. The Labute approximate surface area is 145 Å². The van der Waals surface area contributed by atoms with Crippen LogP contribution in [0.4, 0.5) is 0 Å². The molecule has 0 spiro atoms. The minimum Gasteiger partial charge on any atom is -0.394 e. The zero-order valence-electron chi connectivity index (χ0n) is 13.8. The van der Waals surface area contributed by atoms with Crippen molar-refractivity contribution < 1.29 is 19.8 Å². The first kappa shape index (κ1) is 17.1. The van der Waals surface area contributed by atoms with Crippen LogP contribution in [-0.2, 0) is 9.59 Å². The van der Waals surface area contributed by atoms with Gasteiger partial charge < -0.3 is 10.2 Å². The lowest BCUT2D eigenvalue weighted by atomic mass is 9.96. The summed E-state index contributed by atoms with van der Waals surface area (Å²) in [7, 11) is 0. The van der Waals surface area contributed by atoms with Gasteiger partial charge in [0.2, 0.25) is 0 Å².